The molecule has 1 aromatic rings. The number of nitrogens with two attached hydrogens (primary N) is 1. The summed E-state index contributed by atoms with van der Waals surface area (Å²) in [5.41, 5.74) is 6.96. The lowest BCUT2D eigenvalue weighted by Gasteiger charge is -2.35. The first-order valence-corrected chi connectivity index (χ1v) is 5.85. The molecule has 0 aromatic heterocycles. The zero-order valence-electron chi connectivity index (χ0n) is 10.0. The molecule has 1 aliphatic heterocycles. The molecule has 0 atom stereocenters. The number of carbonyl (C=O) groups is 1. The third kappa shape index (κ3) is 2.13. The minimum absolute atomic E-state index is 0.0607. The zero-order valence-corrected chi connectivity index (χ0v) is 10.0. The van der Waals surface area contributed by atoms with Gasteiger partial charge in [0.15, 0.2) is 0 Å². The smallest absolute Gasteiger partial charge is 0.230 e. The van der Waals surface area contributed by atoms with Crippen molar-refractivity contribution >= 4 is 11.6 Å². The van der Waals surface area contributed by atoms with Crippen LogP contribution in [0.1, 0.15) is 18.4 Å². The summed E-state index contributed by atoms with van der Waals surface area (Å²) in [5.74, 6) is 0.0607. The second-order valence-corrected chi connectivity index (χ2v) is 4.40. The number of nitrogens with one attached hydrogen (secondary N) is 1. The zero-order chi connectivity index (χ0) is 12.3. The number of rotatable bonds is 2. The van der Waals surface area contributed by atoms with Gasteiger partial charge in [-0.2, -0.15) is 0 Å². The van der Waals surface area contributed by atoms with Crippen molar-refractivity contribution in [2.75, 3.05) is 26.0 Å². The van der Waals surface area contributed by atoms with Crippen LogP contribution >= 0.6 is 0 Å². The number of likely N-dealkylation sites (N-methyl/N-ethyl adjacent to an activating group) is 1. The van der Waals surface area contributed by atoms with Gasteiger partial charge in [0.1, 0.15) is 0 Å². The third-order valence-electron chi connectivity index (χ3n) is 3.47. The molecule has 1 amide bonds. The van der Waals surface area contributed by atoms with Crippen LogP contribution in [0.5, 0.6) is 0 Å². The first-order chi connectivity index (χ1) is 8.19. The van der Waals surface area contributed by atoms with Gasteiger partial charge in [-0.3, -0.25) is 4.79 Å². The average molecular weight is 234 g/mol. The minimum Gasteiger partial charge on any atom is -0.399 e. The summed E-state index contributed by atoms with van der Waals surface area (Å²) in [6.45, 7) is 1.25. The first-order valence-electron chi connectivity index (χ1n) is 5.85. The van der Waals surface area contributed by atoms with Crippen molar-refractivity contribution in [3.05, 3.63) is 29.8 Å². The molecule has 0 spiro atoms. The predicted octanol–water partition coefficient (Wildman–Crippen LogP) is 1.06. The lowest BCUT2D eigenvalue weighted by molar-refractivity contribution is -0.129. The van der Waals surface area contributed by atoms with E-state index in [0.717, 1.165) is 18.4 Å². The molecule has 0 radical (unpaired) electrons. The monoisotopic (exact) mass is 234 g/mol. The van der Waals surface area contributed by atoms with Gasteiger partial charge in [0, 0.05) is 25.9 Å². The van der Waals surface area contributed by atoms with E-state index in [1.54, 1.807) is 7.05 Å². The van der Waals surface area contributed by atoms with Crippen LogP contribution in [0.15, 0.2) is 24.3 Å². The van der Waals surface area contributed by atoms with E-state index in [1.807, 2.05) is 24.3 Å². The molecule has 0 saturated carbocycles. The van der Waals surface area contributed by atoms with Gasteiger partial charge in [-0.25, -0.2) is 0 Å². The number of ether oxygens (including phenoxy) is 1. The highest BCUT2D eigenvalue weighted by Crippen LogP contribution is 2.35. The Morgan fingerprint density at radius 2 is 1.88 bits per heavy atom. The highest BCUT2D eigenvalue weighted by Gasteiger charge is 2.40. The van der Waals surface area contributed by atoms with Gasteiger partial charge in [0.25, 0.3) is 0 Å². The number of hydrogen-bond acceptors (Lipinski definition) is 3. The van der Waals surface area contributed by atoms with Crippen LogP contribution in [0.4, 0.5) is 5.69 Å². The Balaban J connectivity index is 2.38. The second kappa shape index (κ2) is 4.75. The molecule has 3 N–H and O–H groups in total. The maximum Gasteiger partial charge on any atom is 0.230 e. The molecule has 2 rings (SSSR count). The largest absolute Gasteiger partial charge is 0.399 e. The summed E-state index contributed by atoms with van der Waals surface area (Å²) < 4.78 is 5.36. The summed E-state index contributed by atoms with van der Waals surface area (Å²) in [5, 5.41) is 2.76. The topological polar surface area (TPSA) is 64.4 Å². The van der Waals surface area contributed by atoms with E-state index < -0.39 is 5.41 Å². The van der Waals surface area contributed by atoms with E-state index in [0.29, 0.717) is 18.9 Å². The molecule has 0 aliphatic carbocycles. The van der Waals surface area contributed by atoms with Crippen LogP contribution in [0.2, 0.25) is 0 Å². The molecule has 4 nitrogen and oxygen atoms in total. The van der Waals surface area contributed by atoms with Gasteiger partial charge in [0.05, 0.1) is 5.41 Å². The summed E-state index contributed by atoms with van der Waals surface area (Å²) in [4.78, 5) is 12.2. The van der Waals surface area contributed by atoms with Crippen molar-refractivity contribution in [1.29, 1.82) is 0 Å². The molecule has 4 heteroatoms. The SMILES string of the molecule is CNC(=O)C1(c2ccc(N)cc2)CCOCC1. The number of carbonyl (C=O) groups excluding carboxylic acids is 1. The van der Waals surface area contributed by atoms with E-state index in [4.69, 9.17) is 10.5 Å². The lowest BCUT2D eigenvalue weighted by atomic mass is 9.73. The standard InChI is InChI=1S/C13H18N2O2/c1-15-12(16)13(6-8-17-9-7-13)10-2-4-11(14)5-3-10/h2-5H,6-9,14H2,1H3,(H,15,16). The number of hydrogen-bond donors (Lipinski definition) is 2. The van der Waals surface area contributed by atoms with Gasteiger partial charge in [0.2, 0.25) is 5.91 Å². The van der Waals surface area contributed by atoms with Crippen LogP contribution in [0, 0.1) is 0 Å². The van der Waals surface area contributed by atoms with Crippen molar-refractivity contribution in [3.63, 3.8) is 0 Å². The minimum atomic E-state index is -0.458. The second-order valence-electron chi connectivity index (χ2n) is 4.40. The van der Waals surface area contributed by atoms with Crippen molar-refractivity contribution < 1.29 is 9.53 Å². The molecule has 1 aliphatic rings. The fourth-order valence-corrected chi connectivity index (χ4v) is 2.41. The van der Waals surface area contributed by atoms with Crippen molar-refractivity contribution in [2.24, 2.45) is 0 Å². The van der Waals surface area contributed by atoms with Gasteiger partial charge in [-0.1, -0.05) is 12.1 Å². The first kappa shape index (κ1) is 11.9. The summed E-state index contributed by atoms with van der Waals surface area (Å²) >= 11 is 0. The Labute approximate surface area is 101 Å². The van der Waals surface area contributed by atoms with Crippen LogP contribution in [-0.2, 0) is 14.9 Å². The van der Waals surface area contributed by atoms with E-state index >= 15 is 0 Å². The summed E-state index contributed by atoms with van der Waals surface area (Å²) in [6, 6.07) is 7.57. The molecular weight excluding hydrogens is 216 g/mol. The Morgan fingerprint density at radius 1 is 1.29 bits per heavy atom. The molecule has 1 saturated heterocycles. The third-order valence-corrected chi connectivity index (χ3v) is 3.47. The maximum atomic E-state index is 12.2. The predicted molar refractivity (Wildman–Crippen MR) is 66.7 cm³/mol. The van der Waals surface area contributed by atoms with Gasteiger partial charge in [-0.05, 0) is 30.5 Å². The highest BCUT2D eigenvalue weighted by atomic mass is 16.5. The lowest BCUT2D eigenvalue weighted by Crippen LogP contribution is -2.46. The van der Waals surface area contributed by atoms with Crippen LogP contribution in [-0.4, -0.2) is 26.2 Å². The van der Waals surface area contributed by atoms with Gasteiger partial charge in [-0.15, -0.1) is 0 Å². The Hall–Kier alpha value is -1.55. The summed E-state index contributed by atoms with van der Waals surface area (Å²) in [7, 11) is 1.68. The van der Waals surface area contributed by atoms with Gasteiger partial charge < -0.3 is 15.8 Å². The molecule has 1 fully saturated rings. The van der Waals surface area contributed by atoms with Crippen molar-refractivity contribution in [1.82, 2.24) is 5.32 Å². The molecule has 1 heterocycles. The Bertz CT molecular complexity index is 394. The molecule has 0 bridgehead atoms. The molecule has 92 valence electrons. The maximum absolute atomic E-state index is 12.2. The number of anilines is 1. The van der Waals surface area contributed by atoms with Crippen LogP contribution in [0.25, 0.3) is 0 Å². The van der Waals surface area contributed by atoms with E-state index in [-0.39, 0.29) is 5.91 Å². The van der Waals surface area contributed by atoms with E-state index in [2.05, 4.69) is 5.32 Å². The molecule has 0 unspecified atom stereocenters. The Kier molecular flexibility index (Phi) is 3.33. The molecular formula is C13H18N2O2. The van der Waals surface area contributed by atoms with Crippen molar-refractivity contribution in [2.45, 2.75) is 18.3 Å². The Morgan fingerprint density at radius 3 is 2.41 bits per heavy atom. The van der Waals surface area contributed by atoms with E-state index in [9.17, 15) is 4.79 Å². The van der Waals surface area contributed by atoms with Crippen LogP contribution in [0.3, 0.4) is 0 Å². The average Bonchev–Trinajstić information content (AvgIpc) is 2.39. The molecule has 1 aromatic carbocycles. The highest BCUT2D eigenvalue weighted by molar-refractivity contribution is 5.88. The quantitative estimate of drug-likeness (QED) is 0.752. The van der Waals surface area contributed by atoms with E-state index in [1.165, 1.54) is 0 Å². The van der Waals surface area contributed by atoms with Crippen LogP contribution < -0.4 is 11.1 Å². The van der Waals surface area contributed by atoms with Gasteiger partial charge >= 0.3 is 0 Å². The van der Waals surface area contributed by atoms with Crippen molar-refractivity contribution in [3.8, 4) is 0 Å². The number of benzene rings is 1. The summed E-state index contributed by atoms with van der Waals surface area (Å²) in [6.07, 6.45) is 1.44. The fourth-order valence-electron chi connectivity index (χ4n) is 2.41. The fraction of sp³-hybridized carbons (Fsp3) is 0.462. The number of amides is 1. The normalized spacial score (nSPS) is 18.6. The number of nitrogen functional groups attached to an aromatic ring is 1. The molecule has 17 heavy (non-hydrogen) atoms.